The van der Waals surface area contributed by atoms with Crippen LogP contribution in [0.5, 0.6) is 5.75 Å². The van der Waals surface area contributed by atoms with Crippen LogP contribution < -0.4 is 21.3 Å². The van der Waals surface area contributed by atoms with Gasteiger partial charge in [-0.05, 0) is 42.0 Å². The van der Waals surface area contributed by atoms with Crippen LogP contribution in [0.4, 0.5) is 23.0 Å². The second kappa shape index (κ2) is 8.66. The maximum Gasteiger partial charge on any atom is 0.325 e. The standard InChI is InChI=1S/C21H22N6O4/c22-19(30)18-20(23-11-13-1-7-16(28)8-2-13)25-26-21(18)24-14-3-5-15(6-4-14)27-9-10-31-17(29)12-27/h1-8,28H,9-12H2,(H2,22,30)(H3,23,24,25,26). The summed E-state index contributed by atoms with van der Waals surface area (Å²) in [4.78, 5) is 25.4. The lowest BCUT2D eigenvalue weighted by molar-refractivity contribution is -0.143. The predicted octanol–water partition coefficient (Wildman–Crippen LogP) is 1.93. The molecule has 0 atom stereocenters. The maximum absolute atomic E-state index is 12.0. The van der Waals surface area contributed by atoms with Crippen LogP contribution in [0.25, 0.3) is 0 Å². The van der Waals surface area contributed by atoms with E-state index in [1.54, 1.807) is 24.3 Å². The van der Waals surface area contributed by atoms with Crippen LogP contribution in [-0.4, -0.2) is 46.9 Å². The summed E-state index contributed by atoms with van der Waals surface area (Å²) in [5, 5.41) is 22.5. The number of amides is 1. The molecule has 2 heterocycles. The van der Waals surface area contributed by atoms with Gasteiger partial charge in [0.2, 0.25) is 0 Å². The number of benzene rings is 2. The Balaban J connectivity index is 1.46. The van der Waals surface area contributed by atoms with E-state index >= 15 is 0 Å². The Morgan fingerprint density at radius 3 is 2.61 bits per heavy atom. The number of esters is 1. The van der Waals surface area contributed by atoms with E-state index in [-0.39, 0.29) is 23.8 Å². The number of nitrogens with zero attached hydrogens (tertiary/aromatic N) is 2. The Morgan fingerprint density at radius 1 is 1.19 bits per heavy atom. The third-order valence-electron chi connectivity index (χ3n) is 4.86. The Hall–Kier alpha value is -4.21. The smallest absolute Gasteiger partial charge is 0.325 e. The summed E-state index contributed by atoms with van der Waals surface area (Å²) in [7, 11) is 0. The molecule has 6 N–H and O–H groups in total. The lowest BCUT2D eigenvalue weighted by Gasteiger charge is -2.27. The van der Waals surface area contributed by atoms with Crippen molar-refractivity contribution >= 4 is 34.9 Å². The third kappa shape index (κ3) is 4.69. The number of nitrogens with two attached hydrogens (primary N) is 1. The molecule has 10 heteroatoms. The highest BCUT2D eigenvalue weighted by molar-refractivity contribution is 6.03. The average Bonchev–Trinajstić information content (AvgIpc) is 3.16. The van der Waals surface area contributed by atoms with Gasteiger partial charge in [-0.2, -0.15) is 5.10 Å². The number of carbonyl (C=O) groups is 2. The number of carbonyl (C=O) groups excluding carboxylic acids is 2. The molecule has 2 aromatic carbocycles. The van der Waals surface area contributed by atoms with Crippen molar-refractivity contribution in [3.05, 3.63) is 59.7 Å². The molecule has 0 radical (unpaired) electrons. The minimum Gasteiger partial charge on any atom is -0.508 e. The molecule has 1 fully saturated rings. The number of phenolic OH excluding ortho intramolecular Hbond substituents is 1. The number of hydrogen-bond donors (Lipinski definition) is 5. The second-order valence-corrected chi connectivity index (χ2v) is 7.02. The molecular weight excluding hydrogens is 400 g/mol. The quantitative estimate of drug-likeness (QED) is 0.363. The first-order valence-corrected chi connectivity index (χ1v) is 9.67. The van der Waals surface area contributed by atoms with Gasteiger partial charge in [0.1, 0.15) is 30.3 Å². The highest BCUT2D eigenvalue weighted by atomic mass is 16.5. The summed E-state index contributed by atoms with van der Waals surface area (Å²) in [5.74, 6) is -0.00199. The van der Waals surface area contributed by atoms with Crippen molar-refractivity contribution < 1.29 is 19.4 Å². The molecule has 1 aliphatic rings. The van der Waals surface area contributed by atoms with E-state index in [0.717, 1.165) is 16.9 Å². The van der Waals surface area contributed by atoms with Crippen LogP contribution in [0.15, 0.2) is 48.5 Å². The minimum atomic E-state index is -0.632. The summed E-state index contributed by atoms with van der Waals surface area (Å²) in [6.07, 6.45) is 0. The molecule has 1 aromatic heterocycles. The van der Waals surface area contributed by atoms with E-state index in [4.69, 9.17) is 10.5 Å². The number of cyclic esters (lactones) is 1. The number of rotatable bonds is 7. The third-order valence-corrected chi connectivity index (χ3v) is 4.86. The number of aromatic hydroxyl groups is 1. The first kappa shape index (κ1) is 20.1. The first-order chi connectivity index (χ1) is 15.0. The highest BCUT2D eigenvalue weighted by Gasteiger charge is 2.20. The summed E-state index contributed by atoms with van der Waals surface area (Å²) in [6, 6.07) is 14.1. The fourth-order valence-corrected chi connectivity index (χ4v) is 3.27. The lowest BCUT2D eigenvalue weighted by Crippen LogP contribution is -2.39. The molecule has 0 saturated carbocycles. The molecule has 3 aromatic rings. The fraction of sp³-hybridized carbons (Fsp3) is 0.190. The van der Waals surface area contributed by atoms with Crippen molar-refractivity contribution in [2.75, 3.05) is 35.2 Å². The van der Waals surface area contributed by atoms with Crippen LogP contribution in [0, 0.1) is 0 Å². The number of H-pyrrole nitrogens is 1. The molecule has 1 aliphatic heterocycles. The molecule has 4 rings (SSSR count). The average molecular weight is 422 g/mol. The van der Waals surface area contributed by atoms with Crippen LogP contribution in [0.3, 0.4) is 0 Å². The number of morpholine rings is 1. The zero-order chi connectivity index (χ0) is 21.8. The molecule has 31 heavy (non-hydrogen) atoms. The lowest BCUT2D eigenvalue weighted by atomic mass is 10.2. The Labute approximate surface area is 178 Å². The topological polar surface area (TPSA) is 146 Å². The van der Waals surface area contributed by atoms with Crippen molar-refractivity contribution in [1.29, 1.82) is 0 Å². The SMILES string of the molecule is NC(=O)c1c(NCc2ccc(O)cc2)n[nH]c1Nc1ccc(N2CCOC(=O)C2)cc1. The van der Waals surface area contributed by atoms with E-state index in [1.165, 1.54) is 0 Å². The molecule has 0 spiro atoms. The van der Waals surface area contributed by atoms with Crippen molar-refractivity contribution in [3.63, 3.8) is 0 Å². The van der Waals surface area contributed by atoms with Crippen LogP contribution in [0.2, 0.25) is 0 Å². The molecular formula is C21H22N6O4. The van der Waals surface area contributed by atoms with Crippen molar-refractivity contribution in [3.8, 4) is 5.75 Å². The van der Waals surface area contributed by atoms with Crippen molar-refractivity contribution in [2.24, 2.45) is 5.73 Å². The van der Waals surface area contributed by atoms with Gasteiger partial charge in [0, 0.05) is 17.9 Å². The summed E-state index contributed by atoms with van der Waals surface area (Å²) in [6.45, 7) is 1.63. The number of nitrogens with one attached hydrogen (secondary N) is 3. The van der Waals surface area contributed by atoms with Gasteiger partial charge in [0.05, 0.1) is 6.54 Å². The highest BCUT2D eigenvalue weighted by Crippen LogP contribution is 2.26. The van der Waals surface area contributed by atoms with Gasteiger partial charge in [-0.3, -0.25) is 14.7 Å². The van der Waals surface area contributed by atoms with Crippen LogP contribution in [0.1, 0.15) is 15.9 Å². The largest absolute Gasteiger partial charge is 0.508 e. The summed E-state index contributed by atoms with van der Waals surface area (Å²) < 4.78 is 4.96. The molecule has 0 unspecified atom stereocenters. The van der Waals surface area contributed by atoms with E-state index in [9.17, 15) is 14.7 Å². The molecule has 1 amide bonds. The fourth-order valence-electron chi connectivity index (χ4n) is 3.27. The van der Waals surface area contributed by atoms with Crippen molar-refractivity contribution in [2.45, 2.75) is 6.54 Å². The van der Waals surface area contributed by atoms with Gasteiger partial charge in [-0.1, -0.05) is 12.1 Å². The molecule has 0 aliphatic carbocycles. The van der Waals surface area contributed by atoms with E-state index in [0.29, 0.717) is 31.3 Å². The minimum absolute atomic E-state index is 0.180. The second-order valence-electron chi connectivity index (χ2n) is 7.02. The number of ether oxygens (including phenoxy) is 1. The molecule has 160 valence electrons. The van der Waals surface area contributed by atoms with Gasteiger partial charge >= 0.3 is 5.97 Å². The maximum atomic E-state index is 12.0. The van der Waals surface area contributed by atoms with E-state index < -0.39 is 5.91 Å². The number of anilines is 4. The number of aromatic amines is 1. The van der Waals surface area contributed by atoms with Gasteiger partial charge in [-0.15, -0.1) is 0 Å². The van der Waals surface area contributed by atoms with Gasteiger partial charge in [-0.25, -0.2) is 0 Å². The van der Waals surface area contributed by atoms with Crippen LogP contribution >= 0.6 is 0 Å². The number of aromatic nitrogens is 2. The van der Waals surface area contributed by atoms with E-state index in [2.05, 4.69) is 20.8 Å². The predicted molar refractivity (Wildman–Crippen MR) is 115 cm³/mol. The monoisotopic (exact) mass is 422 g/mol. The van der Waals surface area contributed by atoms with Gasteiger partial charge in [0.15, 0.2) is 5.82 Å². The normalized spacial score (nSPS) is 13.5. The first-order valence-electron chi connectivity index (χ1n) is 9.67. The van der Waals surface area contributed by atoms with Gasteiger partial charge in [0.25, 0.3) is 5.91 Å². The Morgan fingerprint density at radius 2 is 1.94 bits per heavy atom. The molecule has 0 bridgehead atoms. The van der Waals surface area contributed by atoms with Gasteiger partial charge < -0.3 is 31.1 Å². The Kier molecular flexibility index (Phi) is 5.61. The zero-order valence-electron chi connectivity index (χ0n) is 16.6. The zero-order valence-corrected chi connectivity index (χ0v) is 16.6. The molecule has 1 saturated heterocycles. The summed E-state index contributed by atoms with van der Waals surface area (Å²) >= 11 is 0. The number of hydrogen-bond acceptors (Lipinski definition) is 8. The number of phenols is 1. The Bertz CT molecular complexity index is 1080. The number of primary amides is 1. The van der Waals surface area contributed by atoms with E-state index in [1.807, 2.05) is 29.2 Å². The van der Waals surface area contributed by atoms with Crippen molar-refractivity contribution in [1.82, 2.24) is 10.2 Å². The summed E-state index contributed by atoms with van der Waals surface area (Å²) in [5.41, 5.74) is 8.31. The molecule has 10 nitrogen and oxygen atoms in total. The van der Waals surface area contributed by atoms with Crippen LogP contribution in [-0.2, 0) is 16.1 Å².